The van der Waals surface area contributed by atoms with Gasteiger partial charge in [0.1, 0.15) is 18.3 Å². The van der Waals surface area contributed by atoms with Crippen LogP contribution < -0.4 is 34.7 Å². The standard InChI is InChI=1S/2C6H8O6.Na/c2*7-1-2(8)5-3(9)4(10)6(11)12-5;/h2*2,5,7-10H,1H2;/q;;+1/p-1/t2*2-,5+;/m00./s1. The summed E-state index contributed by atoms with van der Waals surface area (Å²) in [5, 5.41) is 71.8. The van der Waals surface area contributed by atoms with Crippen molar-refractivity contribution in [2.75, 3.05) is 13.2 Å². The number of hydrogen-bond donors (Lipinski definition) is 7. The maximum atomic E-state index is 10.8. The Labute approximate surface area is 162 Å². The van der Waals surface area contributed by atoms with Gasteiger partial charge in [0.25, 0.3) is 0 Å². The van der Waals surface area contributed by atoms with Crippen molar-refractivity contribution < 1.29 is 89.5 Å². The average molecular weight is 374 g/mol. The molecule has 0 aromatic carbocycles. The fourth-order valence-electron chi connectivity index (χ4n) is 1.63. The molecule has 2 rings (SSSR count). The van der Waals surface area contributed by atoms with Gasteiger partial charge in [-0.1, -0.05) is 0 Å². The smallest absolute Gasteiger partial charge is 0.870 e. The molecule has 0 saturated heterocycles. The third kappa shape index (κ3) is 5.22. The van der Waals surface area contributed by atoms with Crippen molar-refractivity contribution in [3.63, 3.8) is 0 Å². The van der Waals surface area contributed by atoms with Gasteiger partial charge in [-0.05, 0) is 5.76 Å². The maximum Gasteiger partial charge on any atom is 1.00 e. The number of ether oxygens (including phenoxy) is 2. The predicted octanol–water partition coefficient (Wildman–Crippen LogP) is -7.01. The fraction of sp³-hybridized carbons (Fsp3) is 0.500. The van der Waals surface area contributed by atoms with Crippen LogP contribution in [0.1, 0.15) is 0 Å². The first kappa shape index (κ1) is 23.5. The number of aliphatic hydroxyl groups excluding tert-OH is 7. The molecule has 4 atom stereocenters. The van der Waals surface area contributed by atoms with Crippen LogP contribution in [-0.4, -0.2) is 85.3 Å². The molecule has 0 saturated carbocycles. The third-order valence-electron chi connectivity index (χ3n) is 2.93. The molecule has 2 heterocycles. The quantitative estimate of drug-likeness (QED) is 0.180. The summed E-state index contributed by atoms with van der Waals surface area (Å²) >= 11 is 0. The molecule has 0 amide bonds. The first-order valence-corrected chi connectivity index (χ1v) is 6.37. The van der Waals surface area contributed by atoms with Crippen molar-refractivity contribution in [3.8, 4) is 0 Å². The molecule has 0 aromatic heterocycles. The van der Waals surface area contributed by atoms with E-state index in [1.54, 1.807) is 0 Å². The van der Waals surface area contributed by atoms with E-state index in [1.165, 1.54) is 0 Å². The molecular formula is C12H15NaO12. The molecule has 0 aromatic rings. The maximum absolute atomic E-state index is 10.8. The number of hydrogen-bond acceptors (Lipinski definition) is 12. The fourth-order valence-corrected chi connectivity index (χ4v) is 1.63. The Morgan fingerprint density at radius 3 is 1.60 bits per heavy atom. The Kier molecular flexibility index (Phi) is 9.21. The van der Waals surface area contributed by atoms with E-state index in [9.17, 15) is 14.7 Å². The summed E-state index contributed by atoms with van der Waals surface area (Å²) in [5.74, 6) is -5.98. The van der Waals surface area contributed by atoms with Crippen LogP contribution in [-0.2, 0) is 19.1 Å². The third-order valence-corrected chi connectivity index (χ3v) is 2.93. The molecule has 25 heavy (non-hydrogen) atoms. The number of carbonyl (C=O) groups excluding carboxylic acids is 2. The molecule has 12 nitrogen and oxygen atoms in total. The molecule has 2 aliphatic heterocycles. The number of carbonyl (C=O) groups is 2. The van der Waals surface area contributed by atoms with Gasteiger partial charge in [0, 0.05) is 0 Å². The van der Waals surface area contributed by atoms with Gasteiger partial charge in [-0.15, -0.1) is 0 Å². The molecule has 0 fully saturated rings. The molecule has 0 radical (unpaired) electrons. The van der Waals surface area contributed by atoms with Gasteiger partial charge in [-0.25, -0.2) is 9.59 Å². The van der Waals surface area contributed by atoms with Crippen molar-refractivity contribution in [2.45, 2.75) is 24.4 Å². The Hall–Kier alpha value is -1.54. The SMILES string of the molecule is O=C1O[C@H]([C@@H](O)CO)C(O)=C1O.O=C1O[C@H]([C@@H](O)CO)C([O-])=C1O.[Na+]. The second-order valence-electron chi connectivity index (χ2n) is 4.60. The number of aliphatic hydroxyl groups is 7. The summed E-state index contributed by atoms with van der Waals surface area (Å²) in [6.07, 6.45) is -5.73. The minimum absolute atomic E-state index is 0. The summed E-state index contributed by atoms with van der Waals surface area (Å²) < 4.78 is 8.57. The monoisotopic (exact) mass is 374 g/mol. The molecule has 7 N–H and O–H groups in total. The Morgan fingerprint density at radius 2 is 1.28 bits per heavy atom. The minimum Gasteiger partial charge on any atom is -0.870 e. The van der Waals surface area contributed by atoms with E-state index in [-0.39, 0.29) is 29.6 Å². The van der Waals surface area contributed by atoms with Gasteiger partial charge in [0.2, 0.25) is 5.76 Å². The molecule has 136 valence electrons. The first-order chi connectivity index (χ1) is 11.1. The van der Waals surface area contributed by atoms with E-state index in [4.69, 9.17) is 35.7 Å². The van der Waals surface area contributed by atoms with Crippen LogP contribution >= 0.6 is 0 Å². The summed E-state index contributed by atoms with van der Waals surface area (Å²) in [4.78, 5) is 21.0. The van der Waals surface area contributed by atoms with Crippen molar-refractivity contribution in [2.24, 2.45) is 0 Å². The molecular weight excluding hydrogens is 359 g/mol. The van der Waals surface area contributed by atoms with Crippen LogP contribution in [0, 0.1) is 0 Å². The molecule has 0 bridgehead atoms. The van der Waals surface area contributed by atoms with Crippen molar-refractivity contribution in [3.05, 3.63) is 23.0 Å². The minimum atomic E-state index is -1.48. The normalized spacial score (nSPS) is 24.8. The molecule has 13 heteroatoms. The first-order valence-electron chi connectivity index (χ1n) is 6.37. The predicted molar refractivity (Wildman–Crippen MR) is 67.9 cm³/mol. The Balaban J connectivity index is 0.000000443. The second kappa shape index (κ2) is 9.82. The summed E-state index contributed by atoms with van der Waals surface area (Å²) in [7, 11) is 0. The zero-order valence-corrected chi connectivity index (χ0v) is 14.9. The second-order valence-corrected chi connectivity index (χ2v) is 4.60. The van der Waals surface area contributed by atoms with E-state index >= 15 is 0 Å². The summed E-state index contributed by atoms with van der Waals surface area (Å²) in [6.45, 7) is -1.38. The van der Waals surface area contributed by atoms with Crippen LogP contribution in [0.3, 0.4) is 0 Å². The van der Waals surface area contributed by atoms with E-state index in [2.05, 4.69) is 9.47 Å². The molecule has 2 aliphatic rings. The molecule has 0 spiro atoms. The van der Waals surface area contributed by atoms with E-state index in [0.717, 1.165) is 0 Å². The van der Waals surface area contributed by atoms with Gasteiger partial charge in [0.15, 0.2) is 17.6 Å². The van der Waals surface area contributed by atoms with Gasteiger partial charge >= 0.3 is 41.5 Å². The van der Waals surface area contributed by atoms with E-state index < -0.39 is 72.6 Å². The van der Waals surface area contributed by atoms with E-state index in [0.29, 0.717) is 0 Å². The largest absolute Gasteiger partial charge is 1.00 e. The van der Waals surface area contributed by atoms with Gasteiger partial charge in [0.05, 0.1) is 13.2 Å². The van der Waals surface area contributed by atoms with Gasteiger partial charge in [-0.3, -0.25) is 0 Å². The average Bonchev–Trinajstić information content (AvgIpc) is 2.98. The van der Waals surface area contributed by atoms with Crippen molar-refractivity contribution >= 4 is 11.9 Å². The van der Waals surface area contributed by atoms with Crippen LogP contribution in [0.2, 0.25) is 0 Å². The van der Waals surface area contributed by atoms with Crippen LogP contribution in [0.25, 0.3) is 0 Å². The van der Waals surface area contributed by atoms with Crippen LogP contribution in [0.4, 0.5) is 0 Å². The summed E-state index contributed by atoms with van der Waals surface area (Å²) in [6, 6.07) is 0. The molecule has 0 unspecified atom stereocenters. The number of rotatable bonds is 4. The van der Waals surface area contributed by atoms with Crippen LogP contribution in [0.5, 0.6) is 0 Å². The van der Waals surface area contributed by atoms with Gasteiger partial charge in [-0.2, -0.15) is 0 Å². The Morgan fingerprint density at radius 1 is 0.880 bits per heavy atom. The van der Waals surface area contributed by atoms with Crippen molar-refractivity contribution in [1.29, 1.82) is 0 Å². The number of esters is 2. The Bertz CT molecular complexity index is 520. The van der Waals surface area contributed by atoms with Crippen molar-refractivity contribution in [1.82, 2.24) is 0 Å². The zero-order chi connectivity index (χ0) is 18.6. The van der Waals surface area contributed by atoms with E-state index in [1.807, 2.05) is 0 Å². The van der Waals surface area contributed by atoms with Gasteiger partial charge < -0.3 is 50.3 Å². The zero-order valence-electron chi connectivity index (χ0n) is 12.9. The summed E-state index contributed by atoms with van der Waals surface area (Å²) in [5.41, 5.74) is 0. The topological polar surface area (TPSA) is 217 Å². The number of cyclic esters (lactones) is 2. The molecule has 0 aliphatic carbocycles. The van der Waals surface area contributed by atoms with Crippen LogP contribution in [0.15, 0.2) is 23.0 Å².